The molecule has 0 spiro atoms. The third kappa shape index (κ3) is 3.49. The van der Waals surface area contributed by atoms with Crippen molar-refractivity contribution in [3.8, 4) is 11.3 Å². The summed E-state index contributed by atoms with van der Waals surface area (Å²) in [6.07, 6.45) is 3.08. The highest BCUT2D eigenvalue weighted by atomic mass is 19.1. The van der Waals surface area contributed by atoms with Crippen molar-refractivity contribution in [1.29, 1.82) is 0 Å². The molecule has 0 saturated carbocycles. The van der Waals surface area contributed by atoms with Crippen molar-refractivity contribution in [2.45, 2.75) is 18.9 Å². The van der Waals surface area contributed by atoms with E-state index in [1.54, 1.807) is 12.1 Å². The molecule has 1 aromatic heterocycles. The molecule has 1 amide bonds. The highest BCUT2D eigenvalue weighted by molar-refractivity contribution is 5.79. The first-order valence-corrected chi connectivity index (χ1v) is 8.68. The lowest BCUT2D eigenvalue weighted by Crippen LogP contribution is -2.30. The van der Waals surface area contributed by atoms with E-state index in [9.17, 15) is 9.18 Å². The SMILES string of the molecule is O=C(Cc1ccc(F)cc1)N1CCC(n2cc(-c3ccccc3)nn2)C1. The second kappa shape index (κ2) is 7.07. The molecule has 5 nitrogen and oxygen atoms in total. The van der Waals surface area contributed by atoms with Crippen LogP contribution in [-0.2, 0) is 11.2 Å². The quantitative estimate of drug-likeness (QED) is 0.726. The molecular weight excluding hydrogens is 331 g/mol. The number of nitrogens with zero attached hydrogens (tertiary/aromatic N) is 4. The molecule has 0 radical (unpaired) electrons. The van der Waals surface area contributed by atoms with Gasteiger partial charge in [0.05, 0.1) is 18.7 Å². The predicted molar refractivity (Wildman–Crippen MR) is 95.8 cm³/mol. The van der Waals surface area contributed by atoms with E-state index < -0.39 is 0 Å². The summed E-state index contributed by atoms with van der Waals surface area (Å²) >= 11 is 0. The van der Waals surface area contributed by atoms with E-state index in [1.807, 2.05) is 46.1 Å². The van der Waals surface area contributed by atoms with Crippen LogP contribution in [0.2, 0.25) is 0 Å². The molecular formula is C20H19FN4O. The van der Waals surface area contributed by atoms with Crippen LogP contribution in [0.15, 0.2) is 60.8 Å². The van der Waals surface area contributed by atoms with Crippen LogP contribution >= 0.6 is 0 Å². The largest absolute Gasteiger partial charge is 0.340 e. The molecule has 1 aliphatic rings. The van der Waals surface area contributed by atoms with E-state index >= 15 is 0 Å². The van der Waals surface area contributed by atoms with Gasteiger partial charge in [0.2, 0.25) is 5.91 Å². The second-order valence-electron chi connectivity index (χ2n) is 6.54. The zero-order chi connectivity index (χ0) is 17.9. The normalized spacial score (nSPS) is 16.8. The van der Waals surface area contributed by atoms with Crippen LogP contribution in [0.1, 0.15) is 18.0 Å². The molecule has 0 bridgehead atoms. The number of carbonyl (C=O) groups excluding carboxylic acids is 1. The molecule has 6 heteroatoms. The summed E-state index contributed by atoms with van der Waals surface area (Å²) in [7, 11) is 0. The molecule has 0 N–H and O–H groups in total. The first-order chi connectivity index (χ1) is 12.7. The van der Waals surface area contributed by atoms with Crippen LogP contribution in [0.5, 0.6) is 0 Å². The first-order valence-electron chi connectivity index (χ1n) is 8.68. The summed E-state index contributed by atoms with van der Waals surface area (Å²) in [4.78, 5) is 14.3. The summed E-state index contributed by atoms with van der Waals surface area (Å²) in [6.45, 7) is 1.32. The Hall–Kier alpha value is -3.02. The highest BCUT2D eigenvalue weighted by Crippen LogP contribution is 2.24. The number of likely N-dealkylation sites (tertiary alicyclic amines) is 1. The Balaban J connectivity index is 1.40. The average Bonchev–Trinajstić information content (AvgIpc) is 3.34. The molecule has 1 fully saturated rings. The molecule has 2 aromatic carbocycles. The zero-order valence-electron chi connectivity index (χ0n) is 14.3. The van der Waals surface area contributed by atoms with Gasteiger partial charge in [0.25, 0.3) is 0 Å². The maximum absolute atomic E-state index is 13.0. The lowest BCUT2D eigenvalue weighted by Gasteiger charge is -2.16. The number of amides is 1. The first kappa shape index (κ1) is 16.4. The Morgan fingerprint density at radius 1 is 1.12 bits per heavy atom. The lowest BCUT2D eigenvalue weighted by atomic mass is 10.1. The molecule has 3 aromatic rings. The number of benzene rings is 2. The molecule has 132 valence electrons. The van der Waals surface area contributed by atoms with Crippen molar-refractivity contribution in [1.82, 2.24) is 19.9 Å². The van der Waals surface area contributed by atoms with Crippen molar-refractivity contribution < 1.29 is 9.18 Å². The van der Waals surface area contributed by atoms with Gasteiger partial charge in [0, 0.05) is 18.7 Å². The fourth-order valence-corrected chi connectivity index (χ4v) is 3.27. The number of hydrogen-bond donors (Lipinski definition) is 0. The third-order valence-electron chi connectivity index (χ3n) is 4.74. The number of aromatic nitrogens is 3. The molecule has 1 atom stereocenters. The van der Waals surface area contributed by atoms with Crippen LogP contribution in [0, 0.1) is 5.82 Å². The Kier molecular flexibility index (Phi) is 4.48. The van der Waals surface area contributed by atoms with Gasteiger partial charge in [-0.1, -0.05) is 47.7 Å². The fourth-order valence-electron chi connectivity index (χ4n) is 3.27. The predicted octanol–water partition coefficient (Wildman–Crippen LogP) is 3.10. The van der Waals surface area contributed by atoms with Crippen molar-refractivity contribution in [3.63, 3.8) is 0 Å². The van der Waals surface area contributed by atoms with Gasteiger partial charge in [-0.25, -0.2) is 9.07 Å². The molecule has 1 unspecified atom stereocenters. The number of carbonyl (C=O) groups is 1. The smallest absolute Gasteiger partial charge is 0.227 e. The van der Waals surface area contributed by atoms with Crippen molar-refractivity contribution in [2.75, 3.05) is 13.1 Å². The van der Waals surface area contributed by atoms with E-state index in [1.165, 1.54) is 12.1 Å². The van der Waals surface area contributed by atoms with Crippen LogP contribution in [0.4, 0.5) is 4.39 Å². The topological polar surface area (TPSA) is 51.0 Å². The molecule has 0 aliphatic carbocycles. The monoisotopic (exact) mass is 350 g/mol. The number of rotatable bonds is 4. The number of hydrogen-bond acceptors (Lipinski definition) is 3. The second-order valence-corrected chi connectivity index (χ2v) is 6.54. The van der Waals surface area contributed by atoms with E-state index in [-0.39, 0.29) is 17.8 Å². The summed E-state index contributed by atoms with van der Waals surface area (Å²) in [6, 6.07) is 16.1. The Morgan fingerprint density at radius 3 is 2.65 bits per heavy atom. The van der Waals surface area contributed by atoms with Gasteiger partial charge in [-0.2, -0.15) is 0 Å². The maximum Gasteiger partial charge on any atom is 0.227 e. The van der Waals surface area contributed by atoms with Crippen molar-refractivity contribution >= 4 is 5.91 Å². The molecule has 26 heavy (non-hydrogen) atoms. The average molecular weight is 350 g/mol. The van der Waals surface area contributed by atoms with E-state index in [0.717, 1.165) is 23.2 Å². The maximum atomic E-state index is 13.0. The molecule has 4 rings (SSSR count). The van der Waals surface area contributed by atoms with Crippen molar-refractivity contribution in [2.24, 2.45) is 0 Å². The van der Waals surface area contributed by atoms with Crippen LogP contribution in [-0.4, -0.2) is 38.9 Å². The summed E-state index contributed by atoms with van der Waals surface area (Å²) in [5, 5.41) is 8.50. The minimum atomic E-state index is -0.289. The standard InChI is InChI=1S/C20H19FN4O/c21-17-8-6-15(7-9-17)12-20(26)24-11-10-18(13-24)25-14-19(22-23-25)16-4-2-1-3-5-16/h1-9,14,18H,10-13H2. The zero-order valence-corrected chi connectivity index (χ0v) is 14.3. The minimum absolute atomic E-state index is 0.0579. The van der Waals surface area contributed by atoms with E-state index in [2.05, 4.69) is 10.3 Å². The fraction of sp³-hybridized carbons (Fsp3) is 0.250. The lowest BCUT2D eigenvalue weighted by molar-refractivity contribution is -0.129. The molecule has 2 heterocycles. The Morgan fingerprint density at radius 2 is 1.88 bits per heavy atom. The molecule has 1 saturated heterocycles. The Labute approximate surface area is 151 Å². The third-order valence-corrected chi connectivity index (χ3v) is 4.74. The van der Waals surface area contributed by atoms with Gasteiger partial charge in [-0.05, 0) is 24.1 Å². The summed E-state index contributed by atoms with van der Waals surface area (Å²) in [5.74, 6) is -0.231. The van der Waals surface area contributed by atoms with Gasteiger partial charge in [0.15, 0.2) is 0 Å². The van der Waals surface area contributed by atoms with Crippen LogP contribution in [0.25, 0.3) is 11.3 Å². The minimum Gasteiger partial charge on any atom is -0.340 e. The van der Waals surface area contributed by atoms with Gasteiger partial charge in [-0.3, -0.25) is 4.79 Å². The Bertz CT molecular complexity index is 892. The van der Waals surface area contributed by atoms with Gasteiger partial charge in [0.1, 0.15) is 11.5 Å². The highest BCUT2D eigenvalue weighted by Gasteiger charge is 2.28. The van der Waals surface area contributed by atoms with Gasteiger partial charge >= 0.3 is 0 Å². The van der Waals surface area contributed by atoms with Crippen LogP contribution < -0.4 is 0 Å². The molecule has 1 aliphatic heterocycles. The van der Waals surface area contributed by atoms with E-state index in [0.29, 0.717) is 19.5 Å². The van der Waals surface area contributed by atoms with Gasteiger partial charge in [-0.15, -0.1) is 5.10 Å². The summed E-state index contributed by atoms with van der Waals surface area (Å²) < 4.78 is 14.8. The summed E-state index contributed by atoms with van der Waals surface area (Å²) in [5.41, 5.74) is 2.69. The number of halogens is 1. The van der Waals surface area contributed by atoms with Gasteiger partial charge < -0.3 is 4.90 Å². The van der Waals surface area contributed by atoms with E-state index in [4.69, 9.17) is 0 Å². The van der Waals surface area contributed by atoms with Crippen LogP contribution in [0.3, 0.4) is 0 Å². The van der Waals surface area contributed by atoms with Crippen molar-refractivity contribution in [3.05, 3.63) is 72.2 Å².